The Morgan fingerprint density at radius 3 is 1.25 bits per heavy atom. The van der Waals surface area contributed by atoms with E-state index in [1.165, 1.54) is 0 Å². The van der Waals surface area contributed by atoms with Crippen LogP contribution < -0.4 is 26.7 Å². The van der Waals surface area contributed by atoms with Crippen molar-refractivity contribution in [3.63, 3.8) is 0 Å². The molecule has 5 amide bonds. The van der Waals surface area contributed by atoms with Gasteiger partial charge >= 0.3 is 5.97 Å². The zero-order chi connectivity index (χ0) is 47.0. The molecule has 18 nitrogen and oxygen atoms in total. The molecule has 18 heteroatoms. The van der Waals surface area contributed by atoms with Gasteiger partial charge in [0.15, 0.2) is 0 Å². The minimum Gasteiger partial charge on any atom is -0.380 e. The molecule has 0 saturated carbocycles. The molecule has 0 bridgehead atoms. The number of hydrogen-bond acceptors (Lipinski definition) is 13. The van der Waals surface area contributed by atoms with E-state index in [0.29, 0.717) is 58.1 Å². The maximum Gasteiger partial charge on any atom is 0.332 e. The molecule has 0 aromatic heterocycles. The van der Waals surface area contributed by atoms with Crippen LogP contribution in [0.15, 0.2) is 0 Å². The topological polar surface area (TPSA) is 251 Å². The summed E-state index contributed by atoms with van der Waals surface area (Å²) in [6.07, 6.45) is 20.6. The van der Waals surface area contributed by atoms with Crippen LogP contribution in [0.5, 0.6) is 0 Å². The minimum atomic E-state index is -0.516. The van der Waals surface area contributed by atoms with Crippen LogP contribution in [0.4, 0.5) is 0 Å². The van der Waals surface area contributed by atoms with Gasteiger partial charge in [-0.15, -0.1) is 0 Å². The third kappa shape index (κ3) is 44.3. The molecule has 5 N–H and O–H groups in total. The molecule has 0 heterocycles. The molecule has 0 fully saturated rings. The Hall–Kier alpha value is -4.29. The van der Waals surface area contributed by atoms with Crippen molar-refractivity contribution < 1.29 is 62.2 Å². The molecular formula is C46H81N5O13. The molecule has 0 rings (SSSR count). The minimum absolute atomic E-state index is 0.0194. The molecule has 0 aromatic carbocycles. The lowest BCUT2D eigenvalue weighted by molar-refractivity contribution is -0.158. The van der Waals surface area contributed by atoms with Crippen molar-refractivity contribution in [3.8, 4) is 0 Å². The Balaban J connectivity index is 4.15. The smallest absolute Gasteiger partial charge is 0.332 e. The fourth-order valence-corrected chi connectivity index (χ4v) is 6.20. The summed E-state index contributed by atoms with van der Waals surface area (Å²) in [4.78, 5) is 108. The molecule has 1 unspecified atom stereocenters. The Morgan fingerprint density at radius 2 is 0.766 bits per heavy atom. The van der Waals surface area contributed by atoms with Crippen LogP contribution in [-0.4, -0.2) is 120 Å². The maximum absolute atomic E-state index is 12.4. The first-order chi connectivity index (χ1) is 31.2. The van der Waals surface area contributed by atoms with Crippen LogP contribution in [0.2, 0.25) is 0 Å². The van der Waals surface area contributed by atoms with Crippen LogP contribution in [0, 0.1) is 5.92 Å². The standard InChI is InChI=1S/C46H81N5O13/c52-31-19-11-2-1-7-17-30-50-45(59)39-63-38-40(36-61-34-25-42(56)48-28-16-9-4-12-20-32-53)37-62-35-26-43(57)49-29-18-10-6-13-22-41(55)47-27-15-8-3-5-14-24-46(60)64-51-44(58)23-21-33-54/h31-33,40H,1-30,34-39H2,(H,47,55)(H,48,56)(H,49,57)(H,50,59)(H,51,58). The fraction of sp³-hybridized carbons (Fsp3) is 0.804. The van der Waals surface area contributed by atoms with E-state index in [0.717, 1.165) is 122 Å². The average molecular weight is 912 g/mol. The van der Waals surface area contributed by atoms with Gasteiger partial charge in [-0.1, -0.05) is 64.2 Å². The highest BCUT2D eigenvalue weighted by Crippen LogP contribution is 2.08. The lowest BCUT2D eigenvalue weighted by Crippen LogP contribution is -2.31. The highest BCUT2D eigenvalue weighted by molar-refractivity contribution is 5.79. The van der Waals surface area contributed by atoms with Crippen molar-refractivity contribution in [2.45, 2.75) is 167 Å². The quantitative estimate of drug-likeness (QED) is 0.0323. The van der Waals surface area contributed by atoms with Crippen LogP contribution in [0.1, 0.15) is 167 Å². The number of hydroxylamine groups is 1. The summed E-state index contributed by atoms with van der Waals surface area (Å²) < 4.78 is 17.2. The highest BCUT2D eigenvalue weighted by Gasteiger charge is 2.14. The van der Waals surface area contributed by atoms with Gasteiger partial charge in [0.25, 0.3) is 5.91 Å². The van der Waals surface area contributed by atoms with Crippen LogP contribution in [0.3, 0.4) is 0 Å². The van der Waals surface area contributed by atoms with Gasteiger partial charge in [-0.25, -0.2) is 4.79 Å². The number of carbonyl (C=O) groups is 9. The monoisotopic (exact) mass is 912 g/mol. The molecule has 0 aliphatic rings. The molecule has 0 spiro atoms. The summed E-state index contributed by atoms with van der Waals surface area (Å²) in [6, 6.07) is 0. The molecule has 64 heavy (non-hydrogen) atoms. The zero-order valence-electron chi connectivity index (χ0n) is 38.6. The number of ether oxygens (including phenoxy) is 3. The van der Waals surface area contributed by atoms with Crippen molar-refractivity contribution >= 4 is 54.4 Å². The Labute approximate surface area is 381 Å². The largest absolute Gasteiger partial charge is 0.380 e. The maximum atomic E-state index is 12.4. The Kier molecular flexibility index (Phi) is 43.6. The summed E-state index contributed by atoms with van der Waals surface area (Å²) in [6.45, 7) is 3.30. The van der Waals surface area contributed by atoms with Gasteiger partial charge in [-0.2, -0.15) is 5.48 Å². The zero-order valence-corrected chi connectivity index (χ0v) is 38.6. The first kappa shape index (κ1) is 59.7. The molecular weight excluding hydrogens is 831 g/mol. The first-order valence-corrected chi connectivity index (χ1v) is 23.8. The van der Waals surface area contributed by atoms with Crippen molar-refractivity contribution in [1.29, 1.82) is 0 Å². The van der Waals surface area contributed by atoms with E-state index in [4.69, 9.17) is 14.2 Å². The van der Waals surface area contributed by atoms with Crippen molar-refractivity contribution in [3.05, 3.63) is 0 Å². The van der Waals surface area contributed by atoms with E-state index in [1.54, 1.807) is 0 Å². The molecule has 0 aliphatic carbocycles. The number of unbranched alkanes of at least 4 members (excludes halogenated alkanes) is 16. The summed E-state index contributed by atoms with van der Waals surface area (Å²) in [5.74, 6) is -1.65. The number of amides is 5. The number of nitrogens with one attached hydrogen (secondary N) is 5. The van der Waals surface area contributed by atoms with Gasteiger partial charge in [-0.05, 0) is 51.4 Å². The lowest BCUT2D eigenvalue weighted by Gasteiger charge is -2.18. The number of rotatable bonds is 47. The van der Waals surface area contributed by atoms with Crippen LogP contribution >= 0.6 is 0 Å². The van der Waals surface area contributed by atoms with E-state index in [2.05, 4.69) is 26.1 Å². The summed E-state index contributed by atoms with van der Waals surface area (Å²) in [5, 5.41) is 11.6. The first-order valence-electron chi connectivity index (χ1n) is 23.8. The van der Waals surface area contributed by atoms with Gasteiger partial charge in [0, 0.05) is 83.5 Å². The number of hydrogen-bond donors (Lipinski definition) is 5. The van der Waals surface area contributed by atoms with E-state index in [-0.39, 0.29) is 101 Å². The predicted molar refractivity (Wildman–Crippen MR) is 240 cm³/mol. The third-order valence-corrected chi connectivity index (χ3v) is 9.93. The van der Waals surface area contributed by atoms with Gasteiger partial charge in [0.2, 0.25) is 23.6 Å². The van der Waals surface area contributed by atoms with E-state index in [9.17, 15) is 43.2 Å². The van der Waals surface area contributed by atoms with Crippen LogP contribution in [0.25, 0.3) is 0 Å². The molecule has 0 aliphatic heterocycles. The summed E-state index contributed by atoms with van der Waals surface area (Å²) >= 11 is 0. The molecule has 368 valence electrons. The third-order valence-electron chi connectivity index (χ3n) is 9.93. The van der Waals surface area contributed by atoms with Gasteiger partial charge in [0.05, 0.1) is 33.0 Å². The van der Waals surface area contributed by atoms with Crippen molar-refractivity contribution in [2.24, 2.45) is 5.92 Å². The SMILES string of the molecule is O=CCCCCCCCNC(=O)COCC(COCCC(=O)NCCCCCCC=O)COCCC(=O)NCCCCCCC(=O)NCCCCCCCC(=O)ONC(=O)CCC=O. The Morgan fingerprint density at radius 1 is 0.375 bits per heavy atom. The van der Waals surface area contributed by atoms with Gasteiger partial charge in [0.1, 0.15) is 25.5 Å². The molecule has 0 saturated heterocycles. The lowest BCUT2D eigenvalue weighted by atomic mass is 10.1. The second kappa shape index (κ2) is 46.7. The Bertz CT molecular complexity index is 1260. The van der Waals surface area contributed by atoms with E-state index in [1.807, 2.05) is 5.48 Å². The summed E-state index contributed by atoms with van der Waals surface area (Å²) in [7, 11) is 0. The summed E-state index contributed by atoms with van der Waals surface area (Å²) in [5.41, 5.74) is 2.03. The average Bonchev–Trinajstić information content (AvgIpc) is 3.28. The van der Waals surface area contributed by atoms with Crippen LogP contribution in [-0.2, 0) is 62.2 Å². The number of aldehydes is 3. The molecule has 1 atom stereocenters. The normalized spacial score (nSPS) is 11.2. The van der Waals surface area contributed by atoms with Gasteiger partial charge < -0.3 is 54.7 Å². The van der Waals surface area contributed by atoms with Crippen molar-refractivity contribution in [1.82, 2.24) is 26.7 Å². The van der Waals surface area contributed by atoms with E-state index < -0.39 is 11.9 Å². The van der Waals surface area contributed by atoms with E-state index >= 15 is 0 Å². The van der Waals surface area contributed by atoms with Gasteiger partial charge in [-0.3, -0.25) is 24.0 Å². The fourth-order valence-electron chi connectivity index (χ4n) is 6.20. The molecule has 0 radical (unpaired) electrons. The van der Waals surface area contributed by atoms with Crippen molar-refractivity contribution in [2.75, 3.05) is 65.8 Å². The molecule has 0 aromatic rings. The highest BCUT2D eigenvalue weighted by atomic mass is 16.7. The second-order valence-electron chi connectivity index (χ2n) is 15.9. The number of carbonyl (C=O) groups excluding carboxylic acids is 9. The second-order valence-corrected chi connectivity index (χ2v) is 15.9. The predicted octanol–water partition coefficient (Wildman–Crippen LogP) is 4.43.